The summed E-state index contributed by atoms with van der Waals surface area (Å²) in [4.78, 5) is 2.72. The fourth-order valence-corrected chi connectivity index (χ4v) is 18.3. The number of ether oxygens (including phenoxy) is 1. The van der Waals surface area contributed by atoms with Crippen molar-refractivity contribution in [3.8, 4) is 11.1 Å². The maximum Gasteiger partial charge on any atom is 0.261 e. The SMILES string of the molecule is CNc1ccccc1-c1[c-]cccc1.CS(=O)(=O)O.[Pd].c1ccc(P(C23CC4CC(CC(C4)C2)C3)C23CC4CC(CC(C4)C2)C3)c(N2CCOCC2)c1. The minimum atomic E-state index is -3.67. The van der Waals surface area contributed by atoms with Crippen molar-refractivity contribution in [1.82, 2.24) is 0 Å². The van der Waals surface area contributed by atoms with Gasteiger partial charge in [0, 0.05) is 51.6 Å². The van der Waals surface area contributed by atoms with Gasteiger partial charge in [-0.05, 0) is 141 Å². The fourth-order valence-electron chi connectivity index (χ4n) is 12.9. The van der Waals surface area contributed by atoms with E-state index in [-0.39, 0.29) is 28.3 Å². The van der Waals surface area contributed by atoms with Crippen molar-refractivity contribution in [2.45, 2.75) is 87.4 Å². The van der Waals surface area contributed by atoms with E-state index >= 15 is 0 Å². The topological polar surface area (TPSA) is 78.9 Å². The van der Waals surface area contributed by atoms with Crippen molar-refractivity contribution >= 4 is 34.7 Å². The molecule has 0 unspecified atom stereocenters. The van der Waals surface area contributed by atoms with Crippen LogP contribution in [0.2, 0.25) is 0 Å². The molecule has 53 heavy (non-hydrogen) atoms. The Hall–Kier alpha value is -1.78. The number of morpholine rings is 1. The summed E-state index contributed by atoms with van der Waals surface area (Å²) in [6.07, 6.45) is 19.7. The van der Waals surface area contributed by atoms with E-state index in [9.17, 15) is 8.42 Å². The molecule has 9 heteroatoms. The molecule has 1 aliphatic heterocycles. The molecule has 8 bridgehead atoms. The van der Waals surface area contributed by atoms with Gasteiger partial charge in [0.1, 0.15) is 0 Å². The van der Waals surface area contributed by atoms with Crippen LogP contribution in [0.25, 0.3) is 11.1 Å². The second-order valence-electron chi connectivity index (χ2n) is 17.5. The third-order valence-electron chi connectivity index (χ3n) is 13.6. The van der Waals surface area contributed by atoms with Gasteiger partial charge < -0.3 is 15.0 Å². The molecule has 2 N–H and O–H groups in total. The van der Waals surface area contributed by atoms with Gasteiger partial charge in [0.25, 0.3) is 10.1 Å². The Kier molecular flexibility index (Phi) is 12.2. The van der Waals surface area contributed by atoms with Crippen LogP contribution in [-0.2, 0) is 35.3 Å². The van der Waals surface area contributed by atoms with Crippen LogP contribution in [0.1, 0.15) is 77.0 Å². The number of hydrogen-bond donors (Lipinski definition) is 2. The van der Waals surface area contributed by atoms with Gasteiger partial charge >= 0.3 is 0 Å². The van der Waals surface area contributed by atoms with Gasteiger partial charge in [0.05, 0.1) is 19.5 Å². The Balaban J connectivity index is 0.000000182. The van der Waals surface area contributed by atoms with Crippen LogP contribution in [0.4, 0.5) is 11.4 Å². The number of nitrogens with zero attached hydrogens (tertiary/aromatic N) is 1. The first-order chi connectivity index (χ1) is 25.1. The fraction of sp³-hybridized carbons (Fsp3) is 0.591. The standard InChI is InChI=1S/C30H42NOP.C13H12N.CH4O3S.Pd/c1-2-4-28(27(3-1)31-5-7-32-8-6-31)33(29-15-21-9-22(16-29)11-23(10-21)17-29)30-18-24-12-25(19-30)14-26(13-24)20-30;1-14-13-10-6-5-9-12(13)11-7-3-2-4-8-11;1-5(2,3)4;/h1-4,21-26H,5-20H2;2-7,9-10,14H,1H3;1H3,(H,2,3,4);/q;-1;;. The number of anilines is 2. The summed E-state index contributed by atoms with van der Waals surface area (Å²) in [5, 5.41) is 6.35. The molecule has 9 aliphatic rings. The van der Waals surface area contributed by atoms with Gasteiger partial charge in [-0.1, -0.05) is 49.9 Å². The number of hydrogen-bond acceptors (Lipinski definition) is 5. The van der Waals surface area contributed by atoms with Crippen molar-refractivity contribution in [2.75, 3.05) is 49.8 Å². The van der Waals surface area contributed by atoms with Crippen molar-refractivity contribution < 1.29 is 38.1 Å². The second kappa shape index (κ2) is 16.4. The summed E-state index contributed by atoms with van der Waals surface area (Å²) in [6.45, 7) is 3.98. The first-order valence-corrected chi connectivity index (χ1v) is 23.2. The maximum atomic E-state index is 9.19. The molecule has 9 fully saturated rings. The van der Waals surface area contributed by atoms with Crippen LogP contribution in [0.15, 0.2) is 72.8 Å². The smallest absolute Gasteiger partial charge is 0.261 e. The van der Waals surface area contributed by atoms with Gasteiger partial charge in [-0.15, -0.1) is 35.9 Å². The minimum Gasteiger partial charge on any atom is -0.395 e. The molecule has 8 aliphatic carbocycles. The third-order valence-corrected chi connectivity index (χ3v) is 17.5. The molecule has 1 saturated heterocycles. The van der Waals surface area contributed by atoms with E-state index in [1.54, 1.807) is 82.7 Å². The molecule has 1 heterocycles. The molecule has 290 valence electrons. The van der Waals surface area contributed by atoms with Crippen molar-refractivity contribution in [3.63, 3.8) is 0 Å². The van der Waals surface area contributed by atoms with Crippen molar-refractivity contribution in [1.29, 1.82) is 0 Å². The summed E-state index contributed by atoms with van der Waals surface area (Å²) in [5.74, 6) is 6.37. The summed E-state index contributed by atoms with van der Waals surface area (Å²) >= 11 is 0. The number of benzene rings is 3. The van der Waals surface area contributed by atoms with Gasteiger partial charge in [0.2, 0.25) is 0 Å². The zero-order valence-corrected chi connectivity index (χ0v) is 34.8. The average Bonchev–Trinajstić information content (AvgIpc) is 3.11. The summed E-state index contributed by atoms with van der Waals surface area (Å²) in [6, 6.07) is 29.4. The van der Waals surface area contributed by atoms with E-state index in [4.69, 9.17) is 9.29 Å². The molecule has 12 rings (SSSR count). The zero-order chi connectivity index (χ0) is 35.9. The maximum absolute atomic E-state index is 9.19. The van der Waals surface area contributed by atoms with Crippen LogP contribution in [-0.4, -0.2) is 62.9 Å². The first-order valence-electron chi connectivity index (χ1n) is 20.0. The van der Waals surface area contributed by atoms with E-state index in [0.29, 0.717) is 16.6 Å². The molecule has 3 aromatic rings. The molecule has 0 amide bonds. The molecule has 0 aromatic heterocycles. The van der Waals surface area contributed by atoms with Crippen LogP contribution in [0, 0.1) is 41.6 Å². The van der Waals surface area contributed by atoms with Crippen molar-refractivity contribution in [2.24, 2.45) is 35.5 Å². The Morgan fingerprint density at radius 1 is 0.736 bits per heavy atom. The van der Waals surface area contributed by atoms with Crippen LogP contribution in [0.3, 0.4) is 0 Å². The minimum absolute atomic E-state index is 0. The van der Waals surface area contributed by atoms with E-state index in [2.05, 4.69) is 58.7 Å². The van der Waals surface area contributed by atoms with E-state index in [1.807, 2.05) is 42.7 Å². The molecule has 0 spiro atoms. The normalized spacial score (nSPS) is 33.8. The molecule has 8 saturated carbocycles. The summed E-state index contributed by atoms with van der Waals surface area (Å²) in [7, 11) is -1.87. The van der Waals surface area contributed by atoms with Gasteiger partial charge in [-0.25, -0.2) is 0 Å². The van der Waals surface area contributed by atoms with Crippen LogP contribution in [0.5, 0.6) is 0 Å². The largest absolute Gasteiger partial charge is 0.395 e. The first kappa shape index (κ1) is 39.5. The molecule has 0 radical (unpaired) electrons. The second-order valence-corrected chi connectivity index (χ2v) is 22.0. The Bertz CT molecular complexity index is 1680. The monoisotopic (exact) mass is 847 g/mol. The van der Waals surface area contributed by atoms with Crippen LogP contribution < -0.4 is 15.5 Å². The van der Waals surface area contributed by atoms with E-state index < -0.39 is 10.1 Å². The average molecular weight is 848 g/mol. The Morgan fingerprint density at radius 3 is 1.66 bits per heavy atom. The predicted molar refractivity (Wildman–Crippen MR) is 216 cm³/mol. The summed E-state index contributed by atoms with van der Waals surface area (Å²) < 4.78 is 31.7. The van der Waals surface area contributed by atoms with Crippen LogP contribution >= 0.6 is 7.92 Å². The number of rotatable bonds is 6. The van der Waals surface area contributed by atoms with E-state index in [1.165, 1.54) is 5.56 Å². The molecular formula is C44H58N2O4PPdS-. The molecular weight excluding hydrogens is 790 g/mol. The van der Waals surface area contributed by atoms with Gasteiger partial charge in [0.15, 0.2) is 0 Å². The Morgan fingerprint density at radius 2 is 1.19 bits per heavy atom. The molecule has 3 aromatic carbocycles. The van der Waals surface area contributed by atoms with Crippen molar-refractivity contribution in [3.05, 3.63) is 78.9 Å². The Labute approximate surface area is 333 Å². The number of para-hydroxylation sites is 2. The molecule has 6 nitrogen and oxygen atoms in total. The van der Waals surface area contributed by atoms with Gasteiger partial charge in [-0.3, -0.25) is 4.55 Å². The quantitative estimate of drug-likeness (QED) is 0.112. The summed E-state index contributed by atoms with van der Waals surface area (Å²) in [5.41, 5.74) is 5.07. The third kappa shape index (κ3) is 8.65. The predicted octanol–water partition coefficient (Wildman–Crippen LogP) is 9.26. The van der Waals surface area contributed by atoms with Gasteiger partial charge in [-0.2, -0.15) is 8.42 Å². The number of nitrogens with one attached hydrogen (secondary N) is 1. The zero-order valence-electron chi connectivity index (χ0n) is 31.5. The molecule has 0 atom stereocenters. The van der Waals surface area contributed by atoms with E-state index in [0.717, 1.165) is 73.1 Å².